The van der Waals surface area contributed by atoms with Gasteiger partial charge in [-0.2, -0.15) is 0 Å². The van der Waals surface area contributed by atoms with Crippen molar-refractivity contribution in [2.45, 2.75) is 33.6 Å². The maximum Gasteiger partial charge on any atom is 0.0218 e. The van der Waals surface area contributed by atoms with Crippen molar-refractivity contribution in [2.75, 3.05) is 0 Å². The third-order valence-corrected chi connectivity index (χ3v) is 2.50. The quantitative estimate of drug-likeness (QED) is 0.606. The summed E-state index contributed by atoms with van der Waals surface area (Å²) in [6.45, 7) is 6.65. The van der Waals surface area contributed by atoms with Crippen molar-refractivity contribution in [3.05, 3.63) is 22.8 Å². The van der Waals surface area contributed by atoms with Crippen molar-refractivity contribution in [2.24, 2.45) is 11.8 Å². The fourth-order valence-electron chi connectivity index (χ4n) is 1.47. The van der Waals surface area contributed by atoms with Crippen LogP contribution in [0.5, 0.6) is 0 Å². The first-order valence-corrected chi connectivity index (χ1v) is 5.03. The van der Waals surface area contributed by atoms with Gasteiger partial charge in [0.05, 0.1) is 0 Å². The summed E-state index contributed by atoms with van der Waals surface area (Å²) in [6.07, 6.45) is 6.59. The lowest BCUT2D eigenvalue weighted by Gasteiger charge is -2.16. The lowest BCUT2D eigenvalue weighted by Crippen LogP contribution is -2.00. The van der Waals surface area contributed by atoms with Crippen molar-refractivity contribution >= 4 is 11.6 Å². The zero-order chi connectivity index (χ0) is 9.14. The van der Waals surface area contributed by atoms with Gasteiger partial charge in [-0.3, -0.25) is 0 Å². The summed E-state index contributed by atoms with van der Waals surface area (Å²) < 4.78 is 0. The molecule has 1 atom stereocenters. The molecule has 0 aromatic heterocycles. The highest BCUT2D eigenvalue weighted by atomic mass is 35.5. The monoisotopic (exact) mass is 184 g/mol. The highest BCUT2D eigenvalue weighted by Gasteiger charge is 2.11. The highest BCUT2D eigenvalue weighted by molar-refractivity contribution is 6.30. The van der Waals surface area contributed by atoms with Gasteiger partial charge in [0.2, 0.25) is 0 Å². The molecule has 0 fully saturated rings. The Hall–Kier alpha value is -0.230. The van der Waals surface area contributed by atoms with Crippen LogP contribution < -0.4 is 0 Å². The van der Waals surface area contributed by atoms with Crippen LogP contribution in [0.15, 0.2) is 22.8 Å². The molecule has 1 heteroatoms. The van der Waals surface area contributed by atoms with Crippen LogP contribution in [0, 0.1) is 11.8 Å². The van der Waals surface area contributed by atoms with Gasteiger partial charge >= 0.3 is 0 Å². The normalized spacial score (nSPS) is 23.9. The van der Waals surface area contributed by atoms with Crippen molar-refractivity contribution in [1.82, 2.24) is 0 Å². The molecule has 0 N–H and O–H groups in total. The fourth-order valence-corrected chi connectivity index (χ4v) is 1.85. The maximum atomic E-state index is 6.15. The number of rotatable bonds is 2. The van der Waals surface area contributed by atoms with E-state index in [1.54, 1.807) is 0 Å². The van der Waals surface area contributed by atoms with E-state index in [9.17, 15) is 0 Å². The minimum absolute atomic E-state index is 0.619. The molecule has 1 aliphatic carbocycles. The Kier molecular flexibility index (Phi) is 3.39. The zero-order valence-corrected chi connectivity index (χ0v) is 8.86. The van der Waals surface area contributed by atoms with Crippen LogP contribution in [0.3, 0.4) is 0 Å². The zero-order valence-electron chi connectivity index (χ0n) is 8.10. The molecule has 68 valence electrons. The first kappa shape index (κ1) is 9.85. The van der Waals surface area contributed by atoms with Crippen molar-refractivity contribution in [3.63, 3.8) is 0 Å². The molecule has 0 nitrogen and oxygen atoms in total. The standard InChI is InChI=1S/C11H17Cl/c1-8(2)6-10-5-4-9(3)7-11(10)12/h4-5,8-9H,6-7H2,1-3H3. The summed E-state index contributed by atoms with van der Waals surface area (Å²) in [6, 6.07) is 0. The molecular weight excluding hydrogens is 168 g/mol. The van der Waals surface area contributed by atoms with Gasteiger partial charge in [-0.25, -0.2) is 0 Å². The van der Waals surface area contributed by atoms with Crippen LogP contribution in [0.2, 0.25) is 0 Å². The molecule has 12 heavy (non-hydrogen) atoms. The SMILES string of the molecule is CC(C)CC1=C(Cl)CC(C)C=C1. The van der Waals surface area contributed by atoms with Gasteiger partial charge in [0.1, 0.15) is 0 Å². The van der Waals surface area contributed by atoms with E-state index in [0.717, 1.165) is 17.9 Å². The van der Waals surface area contributed by atoms with E-state index < -0.39 is 0 Å². The van der Waals surface area contributed by atoms with Gasteiger partial charge in [0, 0.05) is 5.03 Å². The van der Waals surface area contributed by atoms with Gasteiger partial charge < -0.3 is 0 Å². The van der Waals surface area contributed by atoms with Crippen molar-refractivity contribution in [3.8, 4) is 0 Å². The number of hydrogen-bond donors (Lipinski definition) is 0. The lowest BCUT2D eigenvalue weighted by atomic mass is 9.93. The third-order valence-electron chi connectivity index (χ3n) is 2.10. The second kappa shape index (κ2) is 4.13. The van der Waals surface area contributed by atoms with Crippen LogP contribution >= 0.6 is 11.6 Å². The maximum absolute atomic E-state index is 6.15. The molecule has 0 aromatic rings. The average molecular weight is 185 g/mol. The predicted molar refractivity (Wildman–Crippen MR) is 55.3 cm³/mol. The van der Waals surface area contributed by atoms with Gasteiger partial charge in [0.25, 0.3) is 0 Å². The lowest BCUT2D eigenvalue weighted by molar-refractivity contribution is 0.633. The van der Waals surface area contributed by atoms with Crippen molar-refractivity contribution < 1.29 is 0 Å². The van der Waals surface area contributed by atoms with Gasteiger partial charge in [0.15, 0.2) is 0 Å². The molecule has 1 aliphatic rings. The summed E-state index contributed by atoms with van der Waals surface area (Å²) in [5.74, 6) is 1.32. The Morgan fingerprint density at radius 2 is 2.25 bits per heavy atom. The molecule has 0 radical (unpaired) electrons. The Bertz CT molecular complexity index is 211. The minimum Gasteiger partial charge on any atom is -0.0888 e. The van der Waals surface area contributed by atoms with E-state index in [1.165, 1.54) is 5.57 Å². The third kappa shape index (κ3) is 2.67. The van der Waals surface area contributed by atoms with E-state index in [1.807, 2.05) is 0 Å². The summed E-state index contributed by atoms with van der Waals surface area (Å²) in [7, 11) is 0. The fraction of sp³-hybridized carbons (Fsp3) is 0.636. The van der Waals surface area contributed by atoms with E-state index in [-0.39, 0.29) is 0 Å². The molecule has 0 heterocycles. The van der Waals surface area contributed by atoms with Crippen molar-refractivity contribution in [1.29, 1.82) is 0 Å². The molecular formula is C11H17Cl. The highest BCUT2D eigenvalue weighted by Crippen LogP contribution is 2.29. The van der Waals surface area contributed by atoms with Crippen LogP contribution in [0.25, 0.3) is 0 Å². The van der Waals surface area contributed by atoms with Gasteiger partial charge in [-0.15, -0.1) is 0 Å². The summed E-state index contributed by atoms with van der Waals surface area (Å²) in [5.41, 5.74) is 1.34. The largest absolute Gasteiger partial charge is 0.0888 e. The van der Waals surface area contributed by atoms with Gasteiger partial charge in [-0.05, 0) is 30.3 Å². The molecule has 1 unspecified atom stereocenters. The topological polar surface area (TPSA) is 0 Å². The number of hydrogen-bond acceptors (Lipinski definition) is 0. The van der Waals surface area contributed by atoms with Crippen LogP contribution in [0.4, 0.5) is 0 Å². The molecule has 0 saturated carbocycles. The smallest absolute Gasteiger partial charge is 0.0218 e. The second-order valence-electron chi connectivity index (χ2n) is 4.07. The Morgan fingerprint density at radius 1 is 1.58 bits per heavy atom. The van der Waals surface area contributed by atoms with E-state index in [4.69, 9.17) is 11.6 Å². The second-order valence-corrected chi connectivity index (χ2v) is 4.52. The molecule has 0 amide bonds. The van der Waals surface area contributed by atoms with Crippen LogP contribution in [0.1, 0.15) is 33.6 Å². The average Bonchev–Trinajstić information content (AvgIpc) is 1.94. The van der Waals surface area contributed by atoms with E-state index >= 15 is 0 Å². The minimum atomic E-state index is 0.619. The summed E-state index contributed by atoms with van der Waals surface area (Å²) in [4.78, 5) is 0. The molecule has 1 rings (SSSR count). The predicted octanol–water partition coefficient (Wildman–Crippen LogP) is 4.12. The molecule has 0 aromatic carbocycles. The Balaban J connectivity index is 2.64. The summed E-state index contributed by atoms with van der Waals surface area (Å²) >= 11 is 6.15. The molecule has 0 aliphatic heterocycles. The number of halogens is 1. The molecule has 0 saturated heterocycles. The van der Waals surface area contributed by atoms with Crippen LogP contribution in [-0.4, -0.2) is 0 Å². The van der Waals surface area contributed by atoms with E-state index in [0.29, 0.717) is 11.8 Å². The first-order chi connectivity index (χ1) is 5.59. The molecule has 0 spiro atoms. The Morgan fingerprint density at radius 3 is 2.75 bits per heavy atom. The molecule has 0 bridgehead atoms. The number of allylic oxidation sites excluding steroid dienone is 4. The van der Waals surface area contributed by atoms with E-state index in [2.05, 4.69) is 32.9 Å². The van der Waals surface area contributed by atoms with Crippen LogP contribution in [-0.2, 0) is 0 Å². The first-order valence-electron chi connectivity index (χ1n) is 4.65. The van der Waals surface area contributed by atoms with Gasteiger partial charge in [-0.1, -0.05) is 44.5 Å². The Labute approximate surface area is 80.3 Å². The summed E-state index contributed by atoms with van der Waals surface area (Å²) in [5, 5.41) is 1.07.